The first-order valence-electron chi connectivity index (χ1n) is 10.8. The molecule has 1 fully saturated rings. The smallest absolute Gasteiger partial charge is 0.286 e. The van der Waals surface area contributed by atoms with Crippen LogP contribution in [0.1, 0.15) is 25.2 Å². The number of rotatable bonds is 9. The first kappa shape index (κ1) is 23.7. The van der Waals surface area contributed by atoms with E-state index in [9.17, 15) is 14.0 Å². The van der Waals surface area contributed by atoms with Crippen molar-refractivity contribution < 1.29 is 23.5 Å². The zero-order chi connectivity index (χ0) is 23.8. The molecule has 0 spiro atoms. The van der Waals surface area contributed by atoms with Crippen LogP contribution >= 0.6 is 11.3 Å². The van der Waals surface area contributed by atoms with Gasteiger partial charge in [0, 0.05) is 37.4 Å². The summed E-state index contributed by atoms with van der Waals surface area (Å²) in [4.78, 5) is 27.1. The van der Waals surface area contributed by atoms with E-state index in [0.717, 1.165) is 44.2 Å². The molecule has 9 nitrogen and oxygen atoms in total. The quantitative estimate of drug-likeness (QED) is 0.480. The van der Waals surface area contributed by atoms with E-state index in [1.54, 1.807) is 24.3 Å². The molecule has 2 heterocycles. The highest BCUT2D eigenvalue weighted by Gasteiger charge is 2.15. The highest BCUT2D eigenvalue weighted by molar-refractivity contribution is 7.13. The molecule has 1 aliphatic rings. The van der Waals surface area contributed by atoms with E-state index in [0.29, 0.717) is 28.6 Å². The molecule has 3 aromatic rings. The lowest BCUT2D eigenvalue weighted by atomic mass is 10.2. The maximum Gasteiger partial charge on any atom is 0.286 e. The van der Waals surface area contributed by atoms with Crippen molar-refractivity contribution in [3.8, 4) is 5.75 Å². The van der Waals surface area contributed by atoms with E-state index in [2.05, 4.69) is 25.7 Å². The lowest BCUT2D eigenvalue weighted by molar-refractivity contribution is 0.0383. The van der Waals surface area contributed by atoms with Crippen molar-refractivity contribution in [3.05, 3.63) is 69.9 Å². The van der Waals surface area contributed by atoms with E-state index in [-0.39, 0.29) is 23.3 Å². The lowest BCUT2D eigenvalue weighted by Gasteiger charge is -2.26. The summed E-state index contributed by atoms with van der Waals surface area (Å²) in [6.45, 7) is 4.66. The zero-order valence-electron chi connectivity index (χ0n) is 18.3. The molecule has 0 saturated carbocycles. The van der Waals surface area contributed by atoms with Gasteiger partial charge in [-0.2, -0.15) is 0 Å². The summed E-state index contributed by atoms with van der Waals surface area (Å²) in [6, 6.07) is 12.3. The molecule has 0 bridgehead atoms. The minimum atomic E-state index is -0.409. The standard InChI is InChI=1S/C23H24FN5O4S/c24-17-3-7-19(8-4-17)33-15-20-27-28-23(34-20)22(31)26-18-5-1-16(2-6-18)21(30)25-9-10-29-11-13-32-14-12-29/h1-8H,9-15H2,(H,25,30)(H,26,31). The number of ether oxygens (including phenoxy) is 2. The number of amides is 2. The van der Waals surface area contributed by atoms with Crippen molar-refractivity contribution in [2.45, 2.75) is 6.61 Å². The summed E-state index contributed by atoms with van der Waals surface area (Å²) in [7, 11) is 0. The third-order valence-corrected chi connectivity index (χ3v) is 5.95. The van der Waals surface area contributed by atoms with Gasteiger partial charge in [0.05, 0.1) is 13.2 Å². The average molecular weight is 486 g/mol. The number of morpholine rings is 1. The fourth-order valence-corrected chi connectivity index (χ4v) is 3.87. The Morgan fingerprint density at radius 1 is 1.03 bits per heavy atom. The van der Waals surface area contributed by atoms with E-state index in [1.807, 2.05) is 0 Å². The summed E-state index contributed by atoms with van der Waals surface area (Å²) < 4.78 is 23.8. The van der Waals surface area contributed by atoms with Crippen LogP contribution in [0, 0.1) is 5.82 Å². The molecule has 1 aliphatic heterocycles. The highest BCUT2D eigenvalue weighted by Crippen LogP contribution is 2.17. The highest BCUT2D eigenvalue weighted by atomic mass is 32.1. The SMILES string of the molecule is O=C(NCCN1CCOCC1)c1ccc(NC(=O)c2nnc(COc3ccc(F)cc3)s2)cc1. The summed E-state index contributed by atoms with van der Waals surface area (Å²) in [5, 5.41) is 14.2. The van der Waals surface area contributed by atoms with E-state index in [1.165, 1.54) is 24.3 Å². The monoisotopic (exact) mass is 485 g/mol. The molecule has 0 aliphatic carbocycles. The number of benzene rings is 2. The molecule has 178 valence electrons. The Hall–Kier alpha value is -3.41. The molecule has 2 N–H and O–H groups in total. The predicted molar refractivity (Wildman–Crippen MR) is 125 cm³/mol. The molecular formula is C23H24FN5O4S. The molecule has 2 aromatic carbocycles. The Morgan fingerprint density at radius 3 is 2.50 bits per heavy atom. The van der Waals surface area contributed by atoms with E-state index < -0.39 is 5.91 Å². The van der Waals surface area contributed by atoms with Gasteiger partial charge in [0.25, 0.3) is 11.8 Å². The second-order valence-corrected chi connectivity index (χ2v) is 8.55. The van der Waals surface area contributed by atoms with Gasteiger partial charge in [-0.1, -0.05) is 11.3 Å². The summed E-state index contributed by atoms with van der Waals surface area (Å²) in [5.74, 6) is -0.429. The van der Waals surface area contributed by atoms with Crippen LogP contribution in [0.3, 0.4) is 0 Å². The van der Waals surface area contributed by atoms with E-state index >= 15 is 0 Å². The molecule has 1 aromatic heterocycles. The van der Waals surface area contributed by atoms with Gasteiger partial charge in [0.15, 0.2) is 5.01 Å². The van der Waals surface area contributed by atoms with Gasteiger partial charge in [-0.05, 0) is 48.5 Å². The first-order valence-corrected chi connectivity index (χ1v) is 11.6. The number of hydrogen-bond donors (Lipinski definition) is 2. The number of nitrogens with zero attached hydrogens (tertiary/aromatic N) is 3. The molecule has 0 radical (unpaired) electrons. The van der Waals surface area contributed by atoms with Crippen LogP contribution < -0.4 is 15.4 Å². The molecule has 0 unspecified atom stereocenters. The molecular weight excluding hydrogens is 461 g/mol. The van der Waals surface area contributed by atoms with Crippen molar-refractivity contribution in [3.63, 3.8) is 0 Å². The van der Waals surface area contributed by atoms with Gasteiger partial charge in [0.1, 0.15) is 18.2 Å². The topological polar surface area (TPSA) is 106 Å². The van der Waals surface area contributed by atoms with Crippen LogP contribution in [0.4, 0.5) is 10.1 Å². The Labute approximate surface area is 199 Å². The maximum absolute atomic E-state index is 13.0. The van der Waals surface area contributed by atoms with Crippen molar-refractivity contribution in [2.24, 2.45) is 0 Å². The van der Waals surface area contributed by atoms with Crippen LogP contribution in [0.5, 0.6) is 5.75 Å². The van der Waals surface area contributed by atoms with Crippen LogP contribution in [-0.2, 0) is 11.3 Å². The van der Waals surface area contributed by atoms with Crippen LogP contribution in [0.25, 0.3) is 0 Å². The fraction of sp³-hybridized carbons (Fsp3) is 0.304. The van der Waals surface area contributed by atoms with Gasteiger partial charge >= 0.3 is 0 Å². The van der Waals surface area contributed by atoms with Gasteiger partial charge < -0.3 is 20.1 Å². The third-order valence-electron chi connectivity index (χ3n) is 5.06. The van der Waals surface area contributed by atoms with Gasteiger partial charge in [0.2, 0.25) is 5.01 Å². The van der Waals surface area contributed by atoms with Crippen molar-refractivity contribution in [2.75, 3.05) is 44.7 Å². The number of nitrogens with one attached hydrogen (secondary N) is 2. The van der Waals surface area contributed by atoms with Crippen molar-refractivity contribution in [1.82, 2.24) is 20.4 Å². The van der Waals surface area contributed by atoms with E-state index in [4.69, 9.17) is 9.47 Å². The summed E-state index contributed by atoms with van der Waals surface area (Å²) in [6.07, 6.45) is 0. The molecule has 2 amide bonds. The zero-order valence-corrected chi connectivity index (χ0v) is 19.1. The van der Waals surface area contributed by atoms with Gasteiger partial charge in [-0.15, -0.1) is 10.2 Å². The Morgan fingerprint density at radius 2 is 1.76 bits per heavy atom. The van der Waals surface area contributed by atoms with Crippen LogP contribution in [0.2, 0.25) is 0 Å². The van der Waals surface area contributed by atoms with Crippen LogP contribution in [-0.4, -0.2) is 66.3 Å². The molecule has 34 heavy (non-hydrogen) atoms. The lowest BCUT2D eigenvalue weighted by Crippen LogP contribution is -2.41. The largest absolute Gasteiger partial charge is 0.486 e. The molecule has 0 atom stereocenters. The van der Waals surface area contributed by atoms with Crippen molar-refractivity contribution in [1.29, 1.82) is 0 Å². The minimum Gasteiger partial charge on any atom is -0.486 e. The second kappa shape index (κ2) is 11.6. The Balaban J connectivity index is 1.23. The number of aromatic nitrogens is 2. The Bertz CT molecular complexity index is 1100. The number of halogens is 1. The fourth-order valence-electron chi connectivity index (χ4n) is 3.22. The Kier molecular flexibility index (Phi) is 8.12. The molecule has 4 rings (SSSR count). The predicted octanol–water partition coefficient (Wildman–Crippen LogP) is 2.57. The minimum absolute atomic E-state index is 0.117. The third kappa shape index (κ3) is 6.80. The normalized spacial score (nSPS) is 13.9. The number of hydrogen-bond acceptors (Lipinski definition) is 8. The number of carbonyl (C=O) groups is 2. The first-order chi connectivity index (χ1) is 16.6. The second-order valence-electron chi connectivity index (χ2n) is 7.48. The molecule has 1 saturated heterocycles. The summed E-state index contributed by atoms with van der Waals surface area (Å²) in [5.41, 5.74) is 1.05. The number of anilines is 1. The average Bonchev–Trinajstić information content (AvgIpc) is 3.34. The van der Waals surface area contributed by atoms with Crippen LogP contribution in [0.15, 0.2) is 48.5 Å². The van der Waals surface area contributed by atoms with Gasteiger partial charge in [-0.25, -0.2) is 4.39 Å². The number of carbonyl (C=O) groups excluding carboxylic acids is 2. The van der Waals surface area contributed by atoms with Gasteiger partial charge in [-0.3, -0.25) is 14.5 Å². The van der Waals surface area contributed by atoms with Crippen molar-refractivity contribution >= 4 is 28.8 Å². The maximum atomic E-state index is 13.0. The summed E-state index contributed by atoms with van der Waals surface area (Å²) >= 11 is 1.10. The molecule has 11 heteroatoms.